The van der Waals surface area contributed by atoms with Crippen molar-refractivity contribution in [2.24, 2.45) is 5.16 Å². The Morgan fingerprint density at radius 1 is 0.943 bits per heavy atom. The molecule has 0 unspecified atom stereocenters. The maximum Gasteiger partial charge on any atom is 0.365 e. The van der Waals surface area contributed by atoms with Crippen LogP contribution in [0.3, 0.4) is 0 Å². The summed E-state index contributed by atoms with van der Waals surface area (Å²) in [6, 6.07) is 19.5. The van der Waals surface area contributed by atoms with Crippen molar-refractivity contribution in [2.45, 2.75) is 46.8 Å². The van der Waals surface area contributed by atoms with E-state index >= 15 is 0 Å². The molecule has 1 aromatic heterocycles. The summed E-state index contributed by atoms with van der Waals surface area (Å²) < 4.78 is 7.38. The quantitative estimate of drug-likeness (QED) is 0.143. The van der Waals surface area contributed by atoms with Gasteiger partial charge in [-0.15, -0.1) is 0 Å². The molecule has 4 rings (SSSR count). The monoisotopic (exact) mass is 470 g/mol. The number of methoxy groups -OCH3 is 1. The number of benzene rings is 3. The van der Waals surface area contributed by atoms with Crippen LogP contribution >= 0.6 is 0 Å². The molecule has 0 amide bonds. The van der Waals surface area contributed by atoms with Crippen LogP contribution < -0.4 is 0 Å². The lowest BCUT2D eigenvalue weighted by atomic mass is 9.97. The SMILES string of the molecule is CCn1c2ccc(C(=O)c3ccccc3C)cc2c2cc(C(C)=NOC(=O)C(C)(C)OC)ccc21. The lowest BCUT2D eigenvalue weighted by Crippen LogP contribution is -2.34. The van der Waals surface area contributed by atoms with Gasteiger partial charge in [-0.2, -0.15) is 0 Å². The first kappa shape index (κ1) is 24.4. The van der Waals surface area contributed by atoms with Crippen molar-refractivity contribution >= 4 is 39.3 Å². The van der Waals surface area contributed by atoms with E-state index in [4.69, 9.17) is 9.57 Å². The number of carbonyl (C=O) groups excluding carboxylic acids is 2. The van der Waals surface area contributed by atoms with Crippen molar-refractivity contribution in [3.05, 3.63) is 82.9 Å². The maximum atomic E-state index is 13.3. The minimum Gasteiger partial charge on any atom is -0.367 e. The van der Waals surface area contributed by atoms with Crippen LogP contribution in [0.25, 0.3) is 21.8 Å². The molecule has 0 spiro atoms. The molecule has 0 fully saturated rings. The molecule has 0 N–H and O–H groups in total. The Labute approximate surface area is 205 Å². The largest absolute Gasteiger partial charge is 0.367 e. The van der Waals surface area contributed by atoms with Crippen LogP contribution in [-0.2, 0) is 20.9 Å². The van der Waals surface area contributed by atoms with E-state index in [0.717, 1.165) is 39.5 Å². The van der Waals surface area contributed by atoms with E-state index in [1.165, 1.54) is 7.11 Å². The van der Waals surface area contributed by atoms with Gasteiger partial charge >= 0.3 is 5.97 Å². The molecule has 180 valence electrons. The average molecular weight is 471 g/mol. The molecule has 0 aliphatic carbocycles. The summed E-state index contributed by atoms with van der Waals surface area (Å²) in [6.45, 7) is 9.89. The molecule has 6 nitrogen and oxygen atoms in total. The molecular weight excluding hydrogens is 440 g/mol. The van der Waals surface area contributed by atoms with Crippen LogP contribution in [0.4, 0.5) is 0 Å². The summed E-state index contributed by atoms with van der Waals surface area (Å²) in [4.78, 5) is 30.6. The van der Waals surface area contributed by atoms with Crippen LogP contribution in [0.1, 0.15) is 54.7 Å². The third-order valence-corrected chi connectivity index (χ3v) is 6.52. The lowest BCUT2D eigenvalue weighted by Gasteiger charge is -2.18. The van der Waals surface area contributed by atoms with Gasteiger partial charge in [-0.25, -0.2) is 4.79 Å². The van der Waals surface area contributed by atoms with E-state index in [1.807, 2.05) is 67.6 Å². The van der Waals surface area contributed by atoms with Crippen molar-refractivity contribution in [3.63, 3.8) is 0 Å². The van der Waals surface area contributed by atoms with Gasteiger partial charge in [-0.3, -0.25) is 4.79 Å². The Hall–Kier alpha value is -3.77. The zero-order chi connectivity index (χ0) is 25.3. The van der Waals surface area contributed by atoms with E-state index in [1.54, 1.807) is 20.8 Å². The Morgan fingerprint density at radius 3 is 2.14 bits per heavy atom. The highest BCUT2D eigenvalue weighted by molar-refractivity contribution is 6.16. The van der Waals surface area contributed by atoms with Crippen LogP contribution in [0.5, 0.6) is 0 Å². The summed E-state index contributed by atoms with van der Waals surface area (Å²) in [5, 5.41) is 6.05. The molecule has 0 aliphatic heterocycles. The average Bonchev–Trinajstić information content (AvgIpc) is 3.18. The number of hydrogen-bond donors (Lipinski definition) is 0. The van der Waals surface area contributed by atoms with Crippen molar-refractivity contribution in [3.8, 4) is 0 Å². The minimum absolute atomic E-state index is 0.00367. The van der Waals surface area contributed by atoms with Crippen molar-refractivity contribution in [1.82, 2.24) is 4.57 Å². The fraction of sp³-hybridized carbons (Fsp3) is 0.276. The summed E-state index contributed by atoms with van der Waals surface area (Å²) >= 11 is 0. The molecule has 0 saturated heterocycles. The Morgan fingerprint density at radius 2 is 1.54 bits per heavy atom. The van der Waals surface area contributed by atoms with Gasteiger partial charge in [0.15, 0.2) is 11.4 Å². The molecule has 6 heteroatoms. The van der Waals surface area contributed by atoms with Gasteiger partial charge < -0.3 is 14.1 Å². The fourth-order valence-corrected chi connectivity index (χ4v) is 4.15. The number of ketones is 1. The van der Waals surface area contributed by atoms with E-state index < -0.39 is 11.6 Å². The Kier molecular flexibility index (Phi) is 6.59. The first-order valence-corrected chi connectivity index (χ1v) is 11.7. The summed E-state index contributed by atoms with van der Waals surface area (Å²) in [6.07, 6.45) is 0. The molecule has 0 aliphatic rings. The third-order valence-electron chi connectivity index (χ3n) is 6.52. The molecule has 4 aromatic rings. The molecule has 0 radical (unpaired) electrons. The number of hydrogen-bond acceptors (Lipinski definition) is 5. The van der Waals surface area contributed by atoms with Gasteiger partial charge in [0.1, 0.15) is 0 Å². The molecule has 0 atom stereocenters. The molecule has 3 aromatic carbocycles. The van der Waals surface area contributed by atoms with Crippen LogP contribution in [0, 0.1) is 6.92 Å². The summed E-state index contributed by atoms with van der Waals surface area (Å²) in [5.74, 6) is -0.564. The second-order valence-corrected chi connectivity index (χ2v) is 9.12. The standard InChI is InChI=1S/C29H30N2O4/c1-7-31-25-14-12-20(19(3)30-35-28(33)29(4,5)34-6)16-23(25)24-17-21(13-15-26(24)31)27(32)22-11-9-8-10-18(22)2/h8-17H,7H2,1-6H3. The first-order chi connectivity index (χ1) is 16.7. The van der Waals surface area contributed by atoms with Gasteiger partial charge in [-0.05, 0) is 76.1 Å². The smallest absolute Gasteiger partial charge is 0.365 e. The fourth-order valence-electron chi connectivity index (χ4n) is 4.15. The normalized spacial score (nSPS) is 12.3. The van der Waals surface area contributed by atoms with Gasteiger partial charge in [0.25, 0.3) is 0 Å². The molecule has 0 bridgehead atoms. The number of oxime groups is 1. The van der Waals surface area contributed by atoms with Crippen molar-refractivity contribution in [2.75, 3.05) is 7.11 Å². The maximum absolute atomic E-state index is 13.3. The van der Waals surface area contributed by atoms with E-state index in [2.05, 4.69) is 16.6 Å². The van der Waals surface area contributed by atoms with Crippen LogP contribution in [0.15, 0.2) is 65.8 Å². The van der Waals surface area contributed by atoms with Crippen molar-refractivity contribution in [1.29, 1.82) is 0 Å². The second kappa shape index (κ2) is 9.47. The number of aromatic nitrogens is 1. The minimum atomic E-state index is -1.08. The van der Waals surface area contributed by atoms with E-state index in [-0.39, 0.29) is 5.78 Å². The molecule has 35 heavy (non-hydrogen) atoms. The van der Waals surface area contributed by atoms with Crippen LogP contribution in [-0.4, -0.2) is 34.7 Å². The second-order valence-electron chi connectivity index (χ2n) is 9.12. The van der Waals surface area contributed by atoms with Gasteiger partial charge in [0.2, 0.25) is 0 Å². The lowest BCUT2D eigenvalue weighted by molar-refractivity contribution is -0.165. The predicted octanol–water partition coefficient (Wildman–Crippen LogP) is 6.05. The van der Waals surface area contributed by atoms with Crippen molar-refractivity contribution < 1.29 is 19.2 Å². The first-order valence-electron chi connectivity index (χ1n) is 11.7. The number of nitrogens with zero attached hydrogens (tertiary/aromatic N) is 2. The molecule has 0 saturated carbocycles. The topological polar surface area (TPSA) is 69.9 Å². The van der Waals surface area contributed by atoms with E-state index in [9.17, 15) is 9.59 Å². The van der Waals surface area contributed by atoms with E-state index in [0.29, 0.717) is 16.8 Å². The number of carbonyl (C=O) groups is 2. The Balaban J connectivity index is 1.79. The number of aryl methyl sites for hydroxylation is 2. The van der Waals surface area contributed by atoms with Gasteiger partial charge in [0.05, 0.1) is 5.71 Å². The highest BCUT2D eigenvalue weighted by atomic mass is 16.7. The zero-order valence-electron chi connectivity index (χ0n) is 21.0. The molecular formula is C29H30N2O4. The predicted molar refractivity (Wildman–Crippen MR) is 139 cm³/mol. The summed E-state index contributed by atoms with van der Waals surface area (Å²) in [7, 11) is 1.45. The summed E-state index contributed by atoms with van der Waals surface area (Å²) in [5.41, 5.74) is 4.74. The van der Waals surface area contributed by atoms with Crippen LogP contribution in [0.2, 0.25) is 0 Å². The Bertz CT molecular complexity index is 1480. The third kappa shape index (κ3) is 4.49. The van der Waals surface area contributed by atoms with Gasteiger partial charge in [0, 0.05) is 46.6 Å². The zero-order valence-corrected chi connectivity index (χ0v) is 21.0. The highest BCUT2D eigenvalue weighted by Gasteiger charge is 2.29. The number of fused-ring (bicyclic) bond motifs is 3. The highest BCUT2D eigenvalue weighted by Crippen LogP contribution is 2.31. The van der Waals surface area contributed by atoms with Gasteiger partial charge in [-0.1, -0.05) is 35.5 Å². The molecule has 1 heterocycles. The number of rotatable bonds is 7. The number of ether oxygens (including phenoxy) is 1.